The Hall–Kier alpha value is -4.36. The second-order valence-electron chi connectivity index (χ2n) is 14.9. The highest BCUT2D eigenvalue weighted by atomic mass is 32.2. The third-order valence-electron chi connectivity index (χ3n) is 11.5. The number of piperidine rings is 1. The molecule has 0 radical (unpaired) electrons. The van der Waals surface area contributed by atoms with Crippen molar-refractivity contribution in [3.8, 4) is 11.4 Å². The second kappa shape index (κ2) is 11.8. The van der Waals surface area contributed by atoms with Gasteiger partial charge in [-0.3, -0.25) is 0 Å². The molecular formula is C38H43FN8O3S. The molecule has 2 aromatic carbocycles. The Kier molecular flexibility index (Phi) is 7.56. The lowest BCUT2D eigenvalue weighted by Gasteiger charge is -2.41. The Balaban J connectivity index is 1.20. The van der Waals surface area contributed by atoms with Gasteiger partial charge >= 0.3 is 0 Å². The third-order valence-corrected chi connectivity index (χ3v) is 13.1. The minimum atomic E-state index is -3.97. The van der Waals surface area contributed by atoms with Gasteiger partial charge in [0.25, 0.3) is 10.0 Å². The first-order chi connectivity index (χ1) is 24.5. The first-order valence-electron chi connectivity index (χ1n) is 18.0. The number of benzene rings is 2. The van der Waals surface area contributed by atoms with Crippen molar-refractivity contribution in [2.45, 2.75) is 101 Å². The Labute approximate surface area is 297 Å². The molecule has 3 aromatic heterocycles. The highest BCUT2D eigenvalue weighted by Gasteiger charge is 2.44. The summed E-state index contributed by atoms with van der Waals surface area (Å²) < 4.78 is 52.5. The summed E-state index contributed by atoms with van der Waals surface area (Å²) in [5.74, 6) is 1.98. The molecule has 0 amide bonds. The molecular weight excluding hydrogens is 668 g/mol. The van der Waals surface area contributed by atoms with Gasteiger partial charge in [0.2, 0.25) is 0 Å². The lowest BCUT2D eigenvalue weighted by atomic mass is 9.96. The van der Waals surface area contributed by atoms with E-state index in [2.05, 4.69) is 20.0 Å². The molecule has 9 rings (SSSR count). The first kappa shape index (κ1) is 32.5. The molecule has 1 saturated carbocycles. The van der Waals surface area contributed by atoms with Crippen LogP contribution in [-0.2, 0) is 34.8 Å². The van der Waals surface area contributed by atoms with E-state index in [1.165, 1.54) is 0 Å². The van der Waals surface area contributed by atoms with Gasteiger partial charge < -0.3 is 14.5 Å². The number of nitrogens with zero attached hydrogens (tertiary/aromatic N) is 8. The van der Waals surface area contributed by atoms with Gasteiger partial charge in [-0.25, -0.2) is 19.0 Å². The van der Waals surface area contributed by atoms with E-state index in [9.17, 15) is 8.42 Å². The van der Waals surface area contributed by atoms with E-state index in [4.69, 9.17) is 14.7 Å². The van der Waals surface area contributed by atoms with Crippen LogP contribution in [0.4, 0.5) is 16.0 Å². The monoisotopic (exact) mass is 710 g/mol. The lowest BCUT2D eigenvalue weighted by Crippen LogP contribution is -2.47. The summed E-state index contributed by atoms with van der Waals surface area (Å²) in [4.78, 5) is 15.5. The molecule has 3 atom stereocenters. The normalized spacial score (nSPS) is 21.9. The van der Waals surface area contributed by atoms with Gasteiger partial charge in [-0.15, -0.1) is 0 Å². The molecule has 2 bridgehead atoms. The van der Waals surface area contributed by atoms with Crippen LogP contribution in [0.2, 0.25) is 0 Å². The average molecular weight is 711 g/mol. The average Bonchev–Trinajstić information content (AvgIpc) is 3.78. The van der Waals surface area contributed by atoms with Gasteiger partial charge in [-0.1, -0.05) is 23.8 Å². The Bertz CT molecular complexity index is 2300. The molecule has 11 nitrogen and oxygen atoms in total. The number of hydrogen-bond acceptors (Lipinski definition) is 9. The largest absolute Gasteiger partial charge is 0.381 e. The van der Waals surface area contributed by atoms with Crippen molar-refractivity contribution in [2.75, 3.05) is 23.5 Å². The number of aryl methyl sites for hydroxylation is 4. The number of fused-ring (bicyclic) bond motifs is 4. The second-order valence-corrected chi connectivity index (χ2v) is 16.7. The van der Waals surface area contributed by atoms with E-state index >= 15 is 4.39 Å². The summed E-state index contributed by atoms with van der Waals surface area (Å²) in [6.45, 7) is 6.86. The molecule has 2 saturated heterocycles. The molecule has 4 aliphatic rings. The maximum Gasteiger partial charge on any atom is 0.283 e. The number of ether oxygens (including phenoxy) is 1. The third kappa shape index (κ3) is 5.17. The van der Waals surface area contributed by atoms with Gasteiger partial charge in [0, 0.05) is 68.2 Å². The van der Waals surface area contributed by atoms with Crippen LogP contribution >= 0.6 is 0 Å². The number of halogens is 1. The van der Waals surface area contributed by atoms with Crippen molar-refractivity contribution in [1.29, 1.82) is 0 Å². The van der Waals surface area contributed by atoms with Crippen LogP contribution in [0.25, 0.3) is 22.3 Å². The van der Waals surface area contributed by atoms with Crippen LogP contribution in [0.1, 0.15) is 78.2 Å². The molecule has 3 aliphatic heterocycles. The van der Waals surface area contributed by atoms with Crippen molar-refractivity contribution < 1.29 is 17.5 Å². The van der Waals surface area contributed by atoms with E-state index in [-0.39, 0.29) is 34.8 Å². The quantitative estimate of drug-likeness (QED) is 0.198. The van der Waals surface area contributed by atoms with Gasteiger partial charge in [0.05, 0.1) is 27.9 Å². The summed E-state index contributed by atoms with van der Waals surface area (Å²) in [6, 6.07) is 11.1. The van der Waals surface area contributed by atoms with E-state index in [0.717, 1.165) is 81.8 Å². The van der Waals surface area contributed by atoms with E-state index in [0.29, 0.717) is 48.1 Å². The van der Waals surface area contributed by atoms with Gasteiger partial charge in [-0.05, 0) is 83.1 Å². The van der Waals surface area contributed by atoms with Crippen molar-refractivity contribution in [3.63, 3.8) is 0 Å². The number of methoxy groups -OCH3 is 1. The molecule has 0 unspecified atom stereocenters. The minimum Gasteiger partial charge on any atom is -0.381 e. The zero-order valence-corrected chi connectivity index (χ0v) is 30.5. The zero-order chi connectivity index (χ0) is 35.3. The molecule has 0 N–H and O–H groups in total. The van der Waals surface area contributed by atoms with Gasteiger partial charge in [0.1, 0.15) is 11.5 Å². The predicted molar refractivity (Wildman–Crippen MR) is 193 cm³/mol. The zero-order valence-electron chi connectivity index (χ0n) is 29.7. The number of anilines is 2. The van der Waals surface area contributed by atoms with Crippen LogP contribution in [0.5, 0.6) is 0 Å². The van der Waals surface area contributed by atoms with Crippen LogP contribution in [0.15, 0.2) is 41.3 Å². The molecule has 13 heteroatoms. The number of aromatic nitrogens is 6. The Morgan fingerprint density at radius 2 is 1.65 bits per heavy atom. The van der Waals surface area contributed by atoms with Crippen molar-refractivity contribution in [3.05, 3.63) is 76.0 Å². The van der Waals surface area contributed by atoms with Crippen LogP contribution in [0.3, 0.4) is 0 Å². The highest BCUT2D eigenvalue weighted by molar-refractivity contribution is 7.90. The summed E-state index contributed by atoms with van der Waals surface area (Å²) in [7, 11) is -0.334. The Morgan fingerprint density at radius 3 is 2.33 bits per heavy atom. The lowest BCUT2D eigenvalue weighted by molar-refractivity contribution is 0.0681. The minimum absolute atomic E-state index is 0.181. The fraction of sp³-hybridized carbons (Fsp3) is 0.474. The molecule has 51 heavy (non-hydrogen) atoms. The highest BCUT2D eigenvalue weighted by Crippen LogP contribution is 2.46. The van der Waals surface area contributed by atoms with Gasteiger partial charge in [-0.2, -0.15) is 22.7 Å². The van der Waals surface area contributed by atoms with Gasteiger partial charge in [0.15, 0.2) is 17.5 Å². The molecule has 6 heterocycles. The van der Waals surface area contributed by atoms with Crippen molar-refractivity contribution in [1.82, 2.24) is 28.9 Å². The molecule has 3 fully saturated rings. The molecule has 266 valence electrons. The van der Waals surface area contributed by atoms with Crippen LogP contribution < -0.4 is 9.80 Å². The maximum atomic E-state index is 15.9. The summed E-state index contributed by atoms with van der Waals surface area (Å²) in [5, 5.41) is 9.94. The summed E-state index contributed by atoms with van der Waals surface area (Å²) >= 11 is 0. The fourth-order valence-electron chi connectivity index (χ4n) is 8.78. The maximum absolute atomic E-state index is 15.9. The van der Waals surface area contributed by atoms with Crippen LogP contribution in [0, 0.1) is 26.6 Å². The smallest absolute Gasteiger partial charge is 0.283 e. The van der Waals surface area contributed by atoms with Crippen molar-refractivity contribution >= 4 is 32.6 Å². The predicted octanol–water partition coefficient (Wildman–Crippen LogP) is 6.11. The summed E-state index contributed by atoms with van der Waals surface area (Å²) in [5.41, 5.74) is 6.32. The standard InChI is InChI=1S/C38H43FN8O3S/c1-21-6-13-28(14-7-21)51(48,49)47-31-15-8-22(2)32(33(31)23(3)42-47)36-40-30-16-17-45(38-34(39)35(24-9-10-24)43-44(38)4)20-29(30)37(41-36)46-25-11-12-26(46)19-27(18-25)50-5/h6-8,13-15,24-27H,9-12,16-20H2,1-5H3/t25-,26+,27+. The Morgan fingerprint density at radius 1 is 0.922 bits per heavy atom. The van der Waals surface area contributed by atoms with Crippen molar-refractivity contribution in [2.24, 2.45) is 7.05 Å². The molecule has 1 aliphatic carbocycles. The molecule has 5 aromatic rings. The number of rotatable bonds is 7. The molecule has 0 spiro atoms. The first-order valence-corrected chi connectivity index (χ1v) is 19.5. The van der Waals surface area contributed by atoms with E-state index in [1.54, 1.807) is 36.1 Å². The fourth-order valence-corrected chi connectivity index (χ4v) is 10.1. The summed E-state index contributed by atoms with van der Waals surface area (Å²) in [6.07, 6.45) is 6.74. The SMILES string of the molecule is CO[C@H]1C[C@H]2CC[C@@H](C1)N2c1nc(-c2c(C)ccc3c2c(C)nn3S(=O)(=O)c2ccc(C)cc2)nc2c1CN(c1c(F)c(C3CC3)nn1C)CC2. The topological polar surface area (TPSA) is 111 Å². The van der Waals surface area contributed by atoms with E-state index in [1.807, 2.05) is 40.0 Å². The van der Waals surface area contributed by atoms with Crippen LogP contribution in [-0.4, -0.2) is 69.2 Å². The van der Waals surface area contributed by atoms with E-state index < -0.39 is 10.0 Å². The number of hydrogen-bond donors (Lipinski definition) is 0.